The Morgan fingerprint density at radius 1 is 1.09 bits per heavy atom. The van der Waals surface area contributed by atoms with Crippen molar-refractivity contribution in [3.8, 4) is 11.5 Å². The molecule has 0 saturated carbocycles. The Balaban J connectivity index is 1.97. The zero-order valence-electron chi connectivity index (χ0n) is 13.0. The fraction of sp³-hybridized carbons (Fsp3) is 0.368. The van der Waals surface area contributed by atoms with Crippen molar-refractivity contribution in [2.75, 3.05) is 13.1 Å². The molecule has 0 spiro atoms. The van der Waals surface area contributed by atoms with Crippen molar-refractivity contribution in [1.82, 2.24) is 4.90 Å². The Labute approximate surface area is 131 Å². The molecule has 2 aromatic rings. The van der Waals surface area contributed by atoms with Crippen LogP contribution >= 0.6 is 0 Å². The number of fused-ring (bicyclic) bond motifs is 1. The van der Waals surface area contributed by atoms with Crippen molar-refractivity contribution < 1.29 is 10.2 Å². The van der Waals surface area contributed by atoms with Gasteiger partial charge in [-0.05, 0) is 54.6 Å². The van der Waals surface area contributed by atoms with Gasteiger partial charge in [0.05, 0.1) is 0 Å². The summed E-state index contributed by atoms with van der Waals surface area (Å²) in [5.41, 5.74) is 3.61. The second kappa shape index (κ2) is 6.41. The fourth-order valence-electron chi connectivity index (χ4n) is 3.41. The molecule has 0 radical (unpaired) electrons. The largest absolute Gasteiger partial charge is 0.504 e. The van der Waals surface area contributed by atoms with Crippen molar-refractivity contribution in [3.63, 3.8) is 0 Å². The van der Waals surface area contributed by atoms with Crippen LogP contribution < -0.4 is 0 Å². The number of aromatic hydroxyl groups is 2. The maximum absolute atomic E-state index is 9.91. The number of hydrogen-bond acceptors (Lipinski definition) is 3. The number of hydrogen-bond donors (Lipinski definition) is 2. The van der Waals surface area contributed by atoms with E-state index in [1.807, 2.05) is 6.07 Å². The molecule has 0 fully saturated rings. The smallest absolute Gasteiger partial charge is 0.157 e. The molecule has 3 heteroatoms. The summed E-state index contributed by atoms with van der Waals surface area (Å²) in [5, 5.41) is 19.7. The Morgan fingerprint density at radius 2 is 1.82 bits per heavy atom. The minimum absolute atomic E-state index is 0.0128. The standard InChI is InChI=1S/C19H23NO2/c1-2-9-20-10-8-15-12-18(21)19(22)13-16(15)17(20)11-14-6-4-3-5-7-14/h3-7,12-13,17,21-22H,2,8-11H2,1H3/t17-/m0/s1. The summed E-state index contributed by atoms with van der Waals surface area (Å²) in [7, 11) is 0. The van der Waals surface area contributed by atoms with E-state index in [9.17, 15) is 10.2 Å². The van der Waals surface area contributed by atoms with E-state index < -0.39 is 0 Å². The number of phenolic OH excluding ortho intramolecular Hbond substituents is 2. The van der Waals surface area contributed by atoms with Crippen molar-refractivity contribution in [3.05, 3.63) is 59.2 Å². The fourth-order valence-corrected chi connectivity index (χ4v) is 3.41. The molecular weight excluding hydrogens is 274 g/mol. The molecule has 1 atom stereocenters. The van der Waals surface area contributed by atoms with Gasteiger partial charge < -0.3 is 10.2 Å². The quantitative estimate of drug-likeness (QED) is 0.847. The minimum atomic E-state index is -0.0184. The Morgan fingerprint density at radius 3 is 2.55 bits per heavy atom. The molecule has 22 heavy (non-hydrogen) atoms. The van der Waals surface area contributed by atoms with E-state index in [2.05, 4.69) is 36.1 Å². The SMILES string of the molecule is CCCN1CCc2cc(O)c(O)cc2[C@@H]1Cc1ccccc1. The maximum atomic E-state index is 9.91. The molecule has 1 heterocycles. The normalized spacial score (nSPS) is 18.1. The van der Waals surface area contributed by atoms with Gasteiger partial charge in [-0.1, -0.05) is 37.3 Å². The van der Waals surface area contributed by atoms with Gasteiger partial charge >= 0.3 is 0 Å². The molecule has 2 aromatic carbocycles. The van der Waals surface area contributed by atoms with Crippen LogP contribution in [0, 0.1) is 0 Å². The highest BCUT2D eigenvalue weighted by atomic mass is 16.3. The Bertz CT molecular complexity index is 639. The van der Waals surface area contributed by atoms with Crippen LogP contribution in [0.1, 0.15) is 36.1 Å². The average molecular weight is 297 g/mol. The van der Waals surface area contributed by atoms with Crippen LogP contribution in [-0.4, -0.2) is 28.2 Å². The number of rotatable bonds is 4. The van der Waals surface area contributed by atoms with Crippen LogP contribution in [0.5, 0.6) is 11.5 Å². The molecule has 3 rings (SSSR count). The van der Waals surface area contributed by atoms with Gasteiger partial charge in [0, 0.05) is 12.6 Å². The lowest BCUT2D eigenvalue weighted by molar-refractivity contribution is 0.183. The van der Waals surface area contributed by atoms with Crippen LogP contribution in [0.3, 0.4) is 0 Å². The summed E-state index contributed by atoms with van der Waals surface area (Å²) in [4.78, 5) is 2.49. The van der Waals surface area contributed by atoms with Gasteiger partial charge in [0.2, 0.25) is 0 Å². The summed E-state index contributed by atoms with van der Waals surface area (Å²) >= 11 is 0. The van der Waals surface area contributed by atoms with Crippen LogP contribution in [0.25, 0.3) is 0 Å². The third-order valence-electron chi connectivity index (χ3n) is 4.49. The van der Waals surface area contributed by atoms with Crippen molar-refractivity contribution in [2.24, 2.45) is 0 Å². The molecule has 0 bridgehead atoms. The lowest BCUT2D eigenvalue weighted by Gasteiger charge is -2.37. The van der Waals surface area contributed by atoms with E-state index in [-0.39, 0.29) is 17.5 Å². The minimum Gasteiger partial charge on any atom is -0.504 e. The van der Waals surface area contributed by atoms with Crippen molar-refractivity contribution >= 4 is 0 Å². The molecule has 2 N–H and O–H groups in total. The lowest BCUT2D eigenvalue weighted by atomic mass is 9.88. The van der Waals surface area contributed by atoms with Crippen LogP contribution in [0.2, 0.25) is 0 Å². The van der Waals surface area contributed by atoms with Gasteiger partial charge in [-0.25, -0.2) is 0 Å². The van der Waals surface area contributed by atoms with Crippen molar-refractivity contribution in [2.45, 2.75) is 32.2 Å². The van der Waals surface area contributed by atoms with E-state index in [4.69, 9.17) is 0 Å². The lowest BCUT2D eigenvalue weighted by Crippen LogP contribution is -2.37. The molecule has 1 aliphatic heterocycles. The van der Waals surface area contributed by atoms with Gasteiger partial charge in [0.15, 0.2) is 11.5 Å². The second-order valence-electron chi connectivity index (χ2n) is 6.03. The highest BCUT2D eigenvalue weighted by Crippen LogP contribution is 2.38. The third kappa shape index (κ3) is 2.95. The summed E-state index contributed by atoms with van der Waals surface area (Å²) < 4.78 is 0. The first-order chi connectivity index (χ1) is 10.7. The predicted octanol–water partition coefficient (Wildman–Crippen LogP) is 3.65. The number of phenols is 2. The molecule has 0 unspecified atom stereocenters. The summed E-state index contributed by atoms with van der Waals surface area (Å²) in [6.07, 6.45) is 2.97. The first-order valence-corrected chi connectivity index (χ1v) is 8.01. The third-order valence-corrected chi connectivity index (χ3v) is 4.49. The monoisotopic (exact) mass is 297 g/mol. The Kier molecular flexibility index (Phi) is 4.34. The maximum Gasteiger partial charge on any atom is 0.157 e. The molecule has 0 saturated heterocycles. The molecular formula is C19H23NO2. The van der Waals surface area contributed by atoms with Gasteiger partial charge in [0.1, 0.15) is 0 Å². The topological polar surface area (TPSA) is 43.7 Å². The van der Waals surface area contributed by atoms with Gasteiger partial charge in [-0.2, -0.15) is 0 Å². The molecule has 0 amide bonds. The van der Waals surface area contributed by atoms with E-state index >= 15 is 0 Å². The van der Waals surface area contributed by atoms with Gasteiger partial charge in [-0.3, -0.25) is 4.90 Å². The highest BCUT2D eigenvalue weighted by molar-refractivity contribution is 5.48. The van der Waals surface area contributed by atoms with Crippen LogP contribution in [-0.2, 0) is 12.8 Å². The first kappa shape index (κ1) is 14.9. The molecule has 3 nitrogen and oxygen atoms in total. The van der Waals surface area contributed by atoms with E-state index in [0.29, 0.717) is 0 Å². The summed E-state index contributed by atoms with van der Waals surface area (Å²) in [5.74, 6) is -0.0312. The second-order valence-corrected chi connectivity index (χ2v) is 6.03. The average Bonchev–Trinajstić information content (AvgIpc) is 2.53. The van der Waals surface area contributed by atoms with Crippen LogP contribution in [0.15, 0.2) is 42.5 Å². The summed E-state index contributed by atoms with van der Waals surface area (Å²) in [6.45, 7) is 4.25. The molecule has 116 valence electrons. The van der Waals surface area contributed by atoms with E-state index in [0.717, 1.165) is 43.5 Å². The first-order valence-electron chi connectivity index (χ1n) is 8.01. The summed E-state index contributed by atoms with van der Waals surface area (Å²) in [6, 6.07) is 14.2. The predicted molar refractivity (Wildman–Crippen MR) is 88.2 cm³/mol. The molecule has 0 aromatic heterocycles. The highest BCUT2D eigenvalue weighted by Gasteiger charge is 2.28. The molecule has 0 aliphatic carbocycles. The molecule has 1 aliphatic rings. The Hall–Kier alpha value is -2.00. The van der Waals surface area contributed by atoms with E-state index in [1.54, 1.807) is 12.1 Å². The zero-order valence-corrected chi connectivity index (χ0v) is 13.0. The number of nitrogens with zero attached hydrogens (tertiary/aromatic N) is 1. The van der Waals surface area contributed by atoms with Gasteiger partial charge in [0.25, 0.3) is 0 Å². The van der Waals surface area contributed by atoms with Crippen LogP contribution in [0.4, 0.5) is 0 Å². The zero-order chi connectivity index (χ0) is 15.5. The number of benzene rings is 2. The van der Waals surface area contributed by atoms with Crippen molar-refractivity contribution in [1.29, 1.82) is 0 Å². The van der Waals surface area contributed by atoms with E-state index in [1.165, 1.54) is 5.56 Å². The van der Waals surface area contributed by atoms with Gasteiger partial charge in [-0.15, -0.1) is 0 Å².